The van der Waals surface area contributed by atoms with E-state index in [0.29, 0.717) is 0 Å². The van der Waals surface area contributed by atoms with Gasteiger partial charge in [-0.15, -0.1) is 0 Å². The topological polar surface area (TPSA) is 83.2 Å². The van der Waals surface area contributed by atoms with Crippen LogP contribution in [0.4, 0.5) is 4.39 Å². The lowest BCUT2D eigenvalue weighted by Gasteiger charge is -2.07. The smallest absolute Gasteiger partial charge is 0.337 e. The van der Waals surface area contributed by atoms with Crippen LogP contribution in [0.2, 0.25) is 0 Å². The van der Waals surface area contributed by atoms with Crippen molar-refractivity contribution < 1.29 is 19.0 Å². The van der Waals surface area contributed by atoms with E-state index in [-0.39, 0.29) is 22.6 Å². The highest BCUT2D eigenvalue weighted by molar-refractivity contribution is 5.87. The van der Waals surface area contributed by atoms with Crippen LogP contribution in [0.5, 0.6) is 11.5 Å². The van der Waals surface area contributed by atoms with Gasteiger partial charge in [0.25, 0.3) is 0 Å². The molecule has 0 aliphatic heterocycles. The third-order valence-corrected chi connectivity index (χ3v) is 2.25. The maximum absolute atomic E-state index is 12.9. The zero-order valence-electron chi connectivity index (χ0n) is 9.50. The number of carbonyl (C=O) groups is 1. The van der Waals surface area contributed by atoms with Crippen LogP contribution in [0.25, 0.3) is 0 Å². The summed E-state index contributed by atoms with van der Waals surface area (Å²) in [7, 11) is 0. The zero-order chi connectivity index (χ0) is 13.8. The number of carboxylic acid groups (broad SMARTS) is 1. The zero-order valence-corrected chi connectivity index (χ0v) is 9.50. The van der Waals surface area contributed by atoms with Gasteiger partial charge in [-0.1, -0.05) is 0 Å². The molecule has 0 spiro atoms. The summed E-state index contributed by atoms with van der Waals surface area (Å²) >= 11 is 0. The molecule has 2 aromatic rings. The van der Waals surface area contributed by atoms with Crippen LogP contribution in [0.1, 0.15) is 15.9 Å². The van der Waals surface area contributed by atoms with Crippen LogP contribution in [-0.2, 0) is 0 Å². The van der Waals surface area contributed by atoms with Crippen molar-refractivity contribution in [3.8, 4) is 17.6 Å². The number of rotatable bonds is 3. The number of halogens is 1. The molecule has 0 amide bonds. The van der Waals surface area contributed by atoms with Crippen molar-refractivity contribution in [2.24, 2.45) is 0 Å². The Labute approximate surface area is 107 Å². The Hall–Kier alpha value is -2.94. The van der Waals surface area contributed by atoms with Crippen LogP contribution in [0.3, 0.4) is 0 Å². The Bertz CT molecular complexity index is 680. The van der Waals surface area contributed by atoms with Gasteiger partial charge < -0.3 is 9.84 Å². The van der Waals surface area contributed by atoms with Crippen LogP contribution in [-0.4, -0.2) is 16.1 Å². The van der Waals surface area contributed by atoms with Crippen LogP contribution in [0, 0.1) is 17.1 Å². The van der Waals surface area contributed by atoms with E-state index in [1.54, 1.807) is 6.07 Å². The second kappa shape index (κ2) is 5.14. The number of ether oxygens (including phenoxy) is 1. The molecule has 1 aromatic heterocycles. The fourth-order valence-electron chi connectivity index (χ4n) is 1.40. The number of nitrogens with zero attached hydrogens (tertiary/aromatic N) is 2. The Balaban J connectivity index is 2.34. The van der Waals surface area contributed by atoms with Crippen LogP contribution in [0.15, 0.2) is 36.7 Å². The molecule has 2 rings (SSSR count). The highest BCUT2D eigenvalue weighted by Gasteiger charge is 2.09. The first-order valence-corrected chi connectivity index (χ1v) is 5.16. The minimum Gasteiger partial charge on any atom is -0.478 e. The summed E-state index contributed by atoms with van der Waals surface area (Å²) in [5.74, 6) is -1.41. The first-order valence-electron chi connectivity index (χ1n) is 5.16. The van der Waals surface area contributed by atoms with Crippen molar-refractivity contribution in [2.75, 3.05) is 0 Å². The van der Waals surface area contributed by atoms with E-state index in [2.05, 4.69) is 4.98 Å². The maximum atomic E-state index is 12.9. The Kier molecular flexibility index (Phi) is 3.39. The van der Waals surface area contributed by atoms with Gasteiger partial charge in [0.15, 0.2) is 0 Å². The van der Waals surface area contributed by atoms with Crippen LogP contribution >= 0.6 is 0 Å². The number of aromatic carboxylic acids is 1. The molecule has 0 saturated heterocycles. The molecule has 5 nitrogen and oxygen atoms in total. The first kappa shape index (κ1) is 12.5. The van der Waals surface area contributed by atoms with E-state index in [0.717, 1.165) is 12.1 Å². The molecule has 0 aliphatic rings. The molecule has 0 aliphatic carbocycles. The summed E-state index contributed by atoms with van der Waals surface area (Å²) in [4.78, 5) is 14.5. The first-order chi connectivity index (χ1) is 9.10. The normalized spacial score (nSPS) is 9.68. The lowest BCUT2D eigenvalue weighted by Crippen LogP contribution is -1.98. The van der Waals surface area contributed by atoms with E-state index in [1.165, 1.54) is 24.5 Å². The third-order valence-electron chi connectivity index (χ3n) is 2.25. The van der Waals surface area contributed by atoms with Gasteiger partial charge in [0.1, 0.15) is 23.4 Å². The van der Waals surface area contributed by atoms with Gasteiger partial charge in [-0.2, -0.15) is 5.26 Å². The molecule has 0 unspecified atom stereocenters. The molecule has 1 aromatic carbocycles. The van der Waals surface area contributed by atoms with Crippen molar-refractivity contribution in [1.82, 2.24) is 4.98 Å². The molecule has 0 radical (unpaired) electrons. The van der Waals surface area contributed by atoms with Gasteiger partial charge in [-0.05, 0) is 24.3 Å². The summed E-state index contributed by atoms with van der Waals surface area (Å²) in [6.45, 7) is 0. The molecule has 0 saturated carbocycles. The standard InChI is InChI=1S/C13H7FN2O3/c14-10-1-2-12(8(3-10)5-15)19-11-4-9(13(17)18)6-16-7-11/h1-4,6-7H,(H,17,18). The van der Waals surface area contributed by atoms with E-state index >= 15 is 0 Å². The molecular weight excluding hydrogens is 251 g/mol. The molecular formula is C13H7FN2O3. The predicted octanol–water partition coefficient (Wildman–Crippen LogP) is 2.58. The molecule has 6 heteroatoms. The minimum atomic E-state index is -1.14. The Morgan fingerprint density at radius 1 is 1.37 bits per heavy atom. The summed E-state index contributed by atoms with van der Waals surface area (Å²) in [5, 5.41) is 17.7. The number of hydrogen-bond donors (Lipinski definition) is 1. The van der Waals surface area contributed by atoms with Crippen molar-refractivity contribution in [1.29, 1.82) is 5.26 Å². The molecule has 0 fully saturated rings. The number of benzene rings is 1. The lowest BCUT2D eigenvalue weighted by atomic mass is 10.2. The molecule has 1 heterocycles. The van der Waals surface area contributed by atoms with E-state index in [9.17, 15) is 9.18 Å². The molecule has 0 atom stereocenters. The van der Waals surface area contributed by atoms with E-state index in [1.807, 2.05) is 0 Å². The monoisotopic (exact) mass is 258 g/mol. The fraction of sp³-hybridized carbons (Fsp3) is 0. The Morgan fingerprint density at radius 3 is 2.84 bits per heavy atom. The van der Waals surface area contributed by atoms with Crippen molar-refractivity contribution in [3.63, 3.8) is 0 Å². The maximum Gasteiger partial charge on any atom is 0.337 e. The largest absolute Gasteiger partial charge is 0.478 e. The van der Waals surface area contributed by atoms with Gasteiger partial charge in [0.2, 0.25) is 0 Å². The summed E-state index contributed by atoms with van der Waals surface area (Å²) < 4.78 is 18.3. The SMILES string of the molecule is N#Cc1cc(F)ccc1Oc1cncc(C(=O)O)c1. The van der Waals surface area contributed by atoms with Crippen molar-refractivity contribution >= 4 is 5.97 Å². The lowest BCUT2D eigenvalue weighted by molar-refractivity contribution is 0.0696. The number of hydrogen-bond acceptors (Lipinski definition) is 4. The molecule has 0 bridgehead atoms. The number of carboxylic acids is 1. The van der Waals surface area contributed by atoms with Gasteiger partial charge in [0, 0.05) is 6.20 Å². The third kappa shape index (κ3) is 2.84. The van der Waals surface area contributed by atoms with Gasteiger partial charge in [0.05, 0.1) is 17.3 Å². The fourth-order valence-corrected chi connectivity index (χ4v) is 1.40. The van der Waals surface area contributed by atoms with Crippen molar-refractivity contribution in [3.05, 3.63) is 53.6 Å². The van der Waals surface area contributed by atoms with Crippen LogP contribution < -0.4 is 4.74 Å². The average molecular weight is 258 g/mol. The molecule has 1 N–H and O–H groups in total. The highest BCUT2D eigenvalue weighted by Crippen LogP contribution is 2.25. The quantitative estimate of drug-likeness (QED) is 0.914. The molecule has 94 valence electrons. The van der Waals surface area contributed by atoms with Gasteiger partial charge in [-0.25, -0.2) is 9.18 Å². The van der Waals surface area contributed by atoms with Crippen molar-refractivity contribution in [2.45, 2.75) is 0 Å². The molecule has 19 heavy (non-hydrogen) atoms. The second-order valence-electron chi connectivity index (χ2n) is 3.57. The summed E-state index contributed by atoms with van der Waals surface area (Å²) in [5.41, 5.74) is -0.0288. The minimum absolute atomic E-state index is 0.0146. The van der Waals surface area contributed by atoms with Gasteiger partial charge in [-0.3, -0.25) is 4.98 Å². The van der Waals surface area contributed by atoms with Gasteiger partial charge >= 0.3 is 5.97 Å². The summed E-state index contributed by atoms with van der Waals surface area (Å²) in [6, 6.07) is 6.52. The average Bonchev–Trinajstić information content (AvgIpc) is 2.41. The number of pyridine rings is 1. The number of nitriles is 1. The summed E-state index contributed by atoms with van der Waals surface area (Å²) in [6.07, 6.45) is 2.47. The number of aromatic nitrogens is 1. The predicted molar refractivity (Wildman–Crippen MR) is 62.4 cm³/mol. The Morgan fingerprint density at radius 2 is 2.16 bits per heavy atom. The highest BCUT2D eigenvalue weighted by atomic mass is 19.1. The van der Waals surface area contributed by atoms with E-state index < -0.39 is 11.8 Å². The van der Waals surface area contributed by atoms with E-state index in [4.69, 9.17) is 15.1 Å². The second-order valence-corrected chi connectivity index (χ2v) is 3.57.